The molecule has 1 aliphatic carbocycles. The van der Waals surface area contributed by atoms with Crippen molar-refractivity contribution in [1.82, 2.24) is 5.32 Å². The van der Waals surface area contributed by atoms with Crippen LogP contribution >= 0.6 is 0 Å². The molecule has 0 aromatic heterocycles. The number of rotatable bonds is 7. The van der Waals surface area contributed by atoms with Crippen molar-refractivity contribution in [2.45, 2.75) is 70.9 Å². The number of carbonyl (C=O) groups excluding carboxylic acids is 2. The van der Waals surface area contributed by atoms with Crippen LogP contribution in [-0.2, 0) is 4.79 Å². The summed E-state index contributed by atoms with van der Waals surface area (Å²) in [7, 11) is 0. The van der Waals surface area contributed by atoms with Gasteiger partial charge in [-0.15, -0.1) is 0 Å². The Kier molecular flexibility index (Phi) is 7.50. The Bertz CT molecular complexity index is 872. The molecular weight excluding hydrogens is 376 g/mol. The lowest BCUT2D eigenvalue weighted by atomic mass is 9.95. The van der Waals surface area contributed by atoms with E-state index in [2.05, 4.69) is 24.5 Å². The van der Waals surface area contributed by atoms with Gasteiger partial charge in [-0.1, -0.05) is 63.4 Å². The number of ether oxygens (including phenoxy) is 1. The van der Waals surface area contributed by atoms with E-state index < -0.39 is 6.10 Å². The molecule has 2 aromatic rings. The van der Waals surface area contributed by atoms with Gasteiger partial charge in [0.2, 0.25) is 0 Å². The molecule has 3 rings (SSSR count). The van der Waals surface area contributed by atoms with Crippen molar-refractivity contribution >= 4 is 17.5 Å². The third kappa shape index (κ3) is 5.62. The highest BCUT2D eigenvalue weighted by atomic mass is 16.5. The molecule has 1 fully saturated rings. The zero-order valence-electron chi connectivity index (χ0n) is 18.1. The van der Waals surface area contributed by atoms with Crippen LogP contribution in [0.15, 0.2) is 48.5 Å². The predicted molar refractivity (Wildman–Crippen MR) is 120 cm³/mol. The first-order valence-electron chi connectivity index (χ1n) is 10.9. The van der Waals surface area contributed by atoms with Gasteiger partial charge in [0.15, 0.2) is 6.10 Å². The van der Waals surface area contributed by atoms with Gasteiger partial charge in [0.1, 0.15) is 5.75 Å². The first kappa shape index (κ1) is 21.9. The lowest BCUT2D eigenvalue weighted by molar-refractivity contribution is -0.122. The van der Waals surface area contributed by atoms with Crippen LogP contribution in [0.25, 0.3) is 0 Å². The second-order valence-electron chi connectivity index (χ2n) is 8.30. The third-order valence-corrected chi connectivity index (χ3v) is 5.58. The van der Waals surface area contributed by atoms with E-state index in [4.69, 9.17) is 4.74 Å². The van der Waals surface area contributed by atoms with Crippen LogP contribution < -0.4 is 15.4 Å². The van der Waals surface area contributed by atoms with Crippen LogP contribution in [0, 0.1) is 0 Å². The molecule has 1 atom stereocenters. The van der Waals surface area contributed by atoms with Crippen molar-refractivity contribution in [2.75, 3.05) is 5.32 Å². The summed E-state index contributed by atoms with van der Waals surface area (Å²) in [6.07, 6.45) is 4.86. The van der Waals surface area contributed by atoms with Gasteiger partial charge < -0.3 is 15.4 Å². The molecule has 0 radical (unpaired) electrons. The molecule has 2 aromatic carbocycles. The molecule has 5 nitrogen and oxygen atoms in total. The maximum Gasteiger partial charge on any atom is 0.265 e. The maximum atomic E-state index is 12.8. The monoisotopic (exact) mass is 408 g/mol. The second-order valence-corrected chi connectivity index (χ2v) is 8.30. The standard InChI is InChI=1S/C25H32N2O3/c1-17(2)20-13-8-10-16-23(20)30-18(3)24(28)27-22-15-9-7-14-21(22)25(29)26-19-11-5-4-6-12-19/h7-10,13-19H,4-6,11-12H2,1-3H3,(H,26,29)(H,27,28)/t18-/m0/s1. The number of amides is 2. The molecule has 5 heteroatoms. The van der Waals surface area contributed by atoms with Crippen LogP contribution in [0.5, 0.6) is 5.75 Å². The number of carbonyl (C=O) groups is 2. The zero-order chi connectivity index (χ0) is 21.5. The van der Waals surface area contributed by atoms with Gasteiger partial charge in [0.25, 0.3) is 11.8 Å². The zero-order valence-corrected chi connectivity index (χ0v) is 18.1. The minimum atomic E-state index is -0.695. The largest absolute Gasteiger partial charge is 0.481 e. The quantitative estimate of drug-likeness (QED) is 0.655. The first-order valence-corrected chi connectivity index (χ1v) is 10.9. The molecule has 2 N–H and O–H groups in total. The highest BCUT2D eigenvalue weighted by Gasteiger charge is 2.22. The number of para-hydroxylation sites is 2. The fraction of sp³-hybridized carbons (Fsp3) is 0.440. The minimum absolute atomic E-state index is 0.142. The van der Waals surface area contributed by atoms with Gasteiger partial charge in [-0.05, 0) is 49.4 Å². The Hall–Kier alpha value is -2.82. The van der Waals surface area contributed by atoms with E-state index in [1.165, 1.54) is 6.42 Å². The topological polar surface area (TPSA) is 67.4 Å². The van der Waals surface area contributed by atoms with Crippen molar-refractivity contribution in [2.24, 2.45) is 0 Å². The van der Waals surface area contributed by atoms with E-state index in [1.807, 2.05) is 36.4 Å². The maximum absolute atomic E-state index is 12.8. The fourth-order valence-electron chi connectivity index (χ4n) is 3.84. The normalized spacial score (nSPS) is 15.5. The molecule has 1 saturated carbocycles. The highest BCUT2D eigenvalue weighted by molar-refractivity contribution is 6.04. The smallest absolute Gasteiger partial charge is 0.265 e. The van der Waals surface area contributed by atoms with E-state index in [0.29, 0.717) is 22.9 Å². The van der Waals surface area contributed by atoms with Gasteiger partial charge in [0, 0.05) is 6.04 Å². The summed E-state index contributed by atoms with van der Waals surface area (Å²) in [6.45, 7) is 5.90. The van der Waals surface area contributed by atoms with Gasteiger partial charge in [-0.3, -0.25) is 9.59 Å². The van der Waals surface area contributed by atoms with E-state index in [9.17, 15) is 9.59 Å². The van der Waals surface area contributed by atoms with Gasteiger partial charge >= 0.3 is 0 Å². The Balaban J connectivity index is 1.67. The third-order valence-electron chi connectivity index (χ3n) is 5.58. The second kappa shape index (κ2) is 10.3. The molecule has 0 bridgehead atoms. The fourth-order valence-corrected chi connectivity index (χ4v) is 3.84. The lowest BCUT2D eigenvalue weighted by Crippen LogP contribution is -2.37. The Morgan fingerprint density at radius 3 is 2.33 bits per heavy atom. The summed E-state index contributed by atoms with van der Waals surface area (Å²) >= 11 is 0. The number of benzene rings is 2. The Labute approximate surface area is 179 Å². The molecule has 0 heterocycles. The number of hydrogen-bond donors (Lipinski definition) is 2. The van der Waals surface area contributed by atoms with Crippen molar-refractivity contribution in [3.05, 3.63) is 59.7 Å². The molecule has 30 heavy (non-hydrogen) atoms. The van der Waals surface area contributed by atoms with Crippen LogP contribution in [0.4, 0.5) is 5.69 Å². The number of anilines is 1. The van der Waals surface area contributed by atoms with Crippen molar-refractivity contribution in [1.29, 1.82) is 0 Å². The van der Waals surface area contributed by atoms with E-state index in [1.54, 1.807) is 19.1 Å². The number of nitrogens with one attached hydrogen (secondary N) is 2. The highest BCUT2D eigenvalue weighted by Crippen LogP contribution is 2.27. The molecular formula is C25H32N2O3. The van der Waals surface area contributed by atoms with Crippen molar-refractivity contribution in [3.63, 3.8) is 0 Å². The number of hydrogen-bond acceptors (Lipinski definition) is 3. The van der Waals surface area contributed by atoms with Crippen LogP contribution in [0.1, 0.15) is 74.7 Å². The molecule has 0 saturated heterocycles. The Morgan fingerprint density at radius 2 is 1.60 bits per heavy atom. The molecule has 0 spiro atoms. The minimum Gasteiger partial charge on any atom is -0.481 e. The average Bonchev–Trinajstić information content (AvgIpc) is 2.75. The predicted octanol–water partition coefficient (Wildman–Crippen LogP) is 5.28. The van der Waals surface area contributed by atoms with E-state index in [0.717, 1.165) is 31.2 Å². The summed E-state index contributed by atoms with van der Waals surface area (Å²) < 4.78 is 5.95. The van der Waals surface area contributed by atoms with E-state index >= 15 is 0 Å². The summed E-state index contributed by atoms with van der Waals surface area (Å²) in [5.74, 6) is 0.571. The van der Waals surface area contributed by atoms with Gasteiger partial charge in [-0.2, -0.15) is 0 Å². The molecule has 2 amide bonds. The van der Waals surface area contributed by atoms with Crippen LogP contribution in [0.3, 0.4) is 0 Å². The SMILES string of the molecule is CC(C)c1ccccc1O[C@@H](C)C(=O)Nc1ccccc1C(=O)NC1CCCCC1. The molecule has 160 valence electrons. The summed E-state index contributed by atoms with van der Waals surface area (Å²) in [5, 5.41) is 5.99. The molecule has 0 unspecified atom stereocenters. The van der Waals surface area contributed by atoms with Crippen LogP contribution in [0.2, 0.25) is 0 Å². The Morgan fingerprint density at radius 1 is 0.933 bits per heavy atom. The van der Waals surface area contributed by atoms with Gasteiger partial charge in [-0.25, -0.2) is 0 Å². The lowest BCUT2D eigenvalue weighted by Gasteiger charge is -2.23. The van der Waals surface area contributed by atoms with Gasteiger partial charge in [0.05, 0.1) is 11.3 Å². The molecule has 0 aliphatic heterocycles. The first-order chi connectivity index (χ1) is 14.5. The molecule has 1 aliphatic rings. The van der Waals surface area contributed by atoms with Crippen LogP contribution in [-0.4, -0.2) is 24.0 Å². The van der Waals surface area contributed by atoms with Crippen molar-refractivity contribution in [3.8, 4) is 5.75 Å². The average molecular weight is 409 g/mol. The summed E-state index contributed by atoms with van der Waals surface area (Å²) in [6, 6.07) is 15.1. The summed E-state index contributed by atoms with van der Waals surface area (Å²) in [5.41, 5.74) is 2.04. The van der Waals surface area contributed by atoms with Crippen molar-refractivity contribution < 1.29 is 14.3 Å². The summed E-state index contributed by atoms with van der Waals surface area (Å²) in [4.78, 5) is 25.6. The van der Waals surface area contributed by atoms with E-state index in [-0.39, 0.29) is 17.9 Å².